The molecule has 108 valence electrons. The second-order valence-electron chi connectivity index (χ2n) is 6.43. The maximum absolute atomic E-state index is 12.3. The van der Waals surface area contributed by atoms with Gasteiger partial charge < -0.3 is 9.64 Å². The first-order valence-corrected chi connectivity index (χ1v) is 7.54. The van der Waals surface area contributed by atoms with Crippen molar-refractivity contribution in [3.05, 3.63) is 34.9 Å². The van der Waals surface area contributed by atoms with Crippen LogP contribution in [-0.2, 0) is 4.74 Å². The van der Waals surface area contributed by atoms with Crippen LogP contribution in [0, 0.1) is 13.8 Å². The van der Waals surface area contributed by atoms with Crippen molar-refractivity contribution in [2.75, 3.05) is 7.05 Å². The molecule has 0 saturated carbocycles. The van der Waals surface area contributed by atoms with Gasteiger partial charge in [0, 0.05) is 24.9 Å². The normalized spacial score (nSPS) is 29.4. The summed E-state index contributed by atoms with van der Waals surface area (Å²) in [6.45, 7) is 4.03. The van der Waals surface area contributed by atoms with E-state index in [-0.39, 0.29) is 12.1 Å². The van der Waals surface area contributed by atoms with Crippen LogP contribution in [0.15, 0.2) is 18.2 Å². The highest BCUT2D eigenvalue weighted by molar-refractivity contribution is 5.90. The Balaban J connectivity index is 1.67. The third-order valence-electron chi connectivity index (χ3n) is 4.79. The van der Waals surface area contributed by atoms with Crippen molar-refractivity contribution in [1.82, 2.24) is 4.90 Å². The van der Waals surface area contributed by atoms with E-state index in [0.717, 1.165) is 24.0 Å². The van der Waals surface area contributed by atoms with E-state index in [1.54, 1.807) is 0 Å². The molecule has 1 unspecified atom stereocenters. The van der Waals surface area contributed by atoms with E-state index in [0.29, 0.717) is 17.6 Å². The molecule has 0 aromatic heterocycles. The number of hydrogen-bond acceptors (Lipinski definition) is 3. The molecule has 0 amide bonds. The zero-order valence-electron chi connectivity index (χ0n) is 12.6. The summed E-state index contributed by atoms with van der Waals surface area (Å²) in [5.74, 6) is -0.161. The number of hydrogen-bond donors (Lipinski definition) is 0. The van der Waals surface area contributed by atoms with Gasteiger partial charge in [0.25, 0.3) is 0 Å². The Kier molecular flexibility index (Phi) is 3.55. The highest BCUT2D eigenvalue weighted by atomic mass is 16.5. The zero-order chi connectivity index (χ0) is 14.3. The van der Waals surface area contributed by atoms with Gasteiger partial charge in [-0.05, 0) is 45.9 Å². The van der Waals surface area contributed by atoms with E-state index < -0.39 is 0 Å². The number of carbonyl (C=O) groups is 1. The highest BCUT2D eigenvalue weighted by Crippen LogP contribution is 2.35. The summed E-state index contributed by atoms with van der Waals surface area (Å²) in [6.07, 6.45) is 4.57. The van der Waals surface area contributed by atoms with Gasteiger partial charge in [-0.25, -0.2) is 4.79 Å². The molecule has 3 nitrogen and oxygen atoms in total. The summed E-state index contributed by atoms with van der Waals surface area (Å²) in [7, 11) is 2.20. The number of fused-ring (bicyclic) bond motifs is 2. The maximum atomic E-state index is 12.3. The van der Waals surface area contributed by atoms with Crippen molar-refractivity contribution < 1.29 is 9.53 Å². The minimum atomic E-state index is -0.161. The van der Waals surface area contributed by atoms with E-state index in [2.05, 4.69) is 18.0 Å². The zero-order valence-corrected chi connectivity index (χ0v) is 12.6. The van der Waals surface area contributed by atoms with E-state index in [1.165, 1.54) is 12.8 Å². The Hall–Kier alpha value is -1.35. The fourth-order valence-electron chi connectivity index (χ4n) is 3.77. The second-order valence-corrected chi connectivity index (χ2v) is 6.43. The molecule has 2 bridgehead atoms. The van der Waals surface area contributed by atoms with Crippen molar-refractivity contribution in [2.24, 2.45) is 0 Å². The molecule has 3 rings (SSSR count). The lowest BCUT2D eigenvalue weighted by atomic mass is 10.0. The van der Waals surface area contributed by atoms with Gasteiger partial charge in [-0.15, -0.1) is 0 Å². The number of esters is 1. The summed E-state index contributed by atoms with van der Waals surface area (Å²) >= 11 is 0. The lowest BCUT2D eigenvalue weighted by Crippen LogP contribution is -2.43. The smallest absolute Gasteiger partial charge is 0.338 e. The van der Waals surface area contributed by atoms with Gasteiger partial charge in [0.15, 0.2) is 0 Å². The largest absolute Gasteiger partial charge is 0.459 e. The fourth-order valence-corrected chi connectivity index (χ4v) is 3.77. The first-order chi connectivity index (χ1) is 9.52. The number of piperidine rings is 1. The van der Waals surface area contributed by atoms with Gasteiger partial charge in [-0.2, -0.15) is 0 Å². The third-order valence-corrected chi connectivity index (χ3v) is 4.79. The Morgan fingerprint density at radius 1 is 1.10 bits per heavy atom. The van der Waals surface area contributed by atoms with Gasteiger partial charge in [-0.1, -0.05) is 17.2 Å². The SMILES string of the molecule is Cc1cc(C)cc(C(=O)OC2C[C@H]3CC[C@@H](C2)N3C)c1. The molecule has 20 heavy (non-hydrogen) atoms. The predicted octanol–water partition coefficient (Wildman–Crippen LogP) is 3.09. The van der Waals surface area contributed by atoms with Gasteiger partial charge >= 0.3 is 5.97 Å². The molecule has 2 saturated heterocycles. The number of rotatable bonds is 2. The minimum absolute atomic E-state index is 0.0945. The minimum Gasteiger partial charge on any atom is -0.459 e. The van der Waals surface area contributed by atoms with Crippen molar-refractivity contribution in [3.63, 3.8) is 0 Å². The van der Waals surface area contributed by atoms with Crippen LogP contribution in [-0.4, -0.2) is 36.1 Å². The first kappa shape index (κ1) is 13.6. The van der Waals surface area contributed by atoms with E-state index in [9.17, 15) is 4.79 Å². The molecule has 2 heterocycles. The molecular formula is C17H23NO2. The average Bonchev–Trinajstić information content (AvgIpc) is 2.61. The summed E-state index contributed by atoms with van der Waals surface area (Å²) in [4.78, 5) is 14.8. The molecule has 3 heteroatoms. The maximum Gasteiger partial charge on any atom is 0.338 e. The first-order valence-electron chi connectivity index (χ1n) is 7.54. The lowest BCUT2D eigenvalue weighted by molar-refractivity contribution is -0.000465. The molecule has 1 aromatic carbocycles. The van der Waals surface area contributed by atoms with Crippen LogP contribution in [0.2, 0.25) is 0 Å². The topological polar surface area (TPSA) is 29.5 Å². The number of aryl methyl sites for hydroxylation is 2. The molecule has 2 aliphatic heterocycles. The van der Waals surface area contributed by atoms with Crippen LogP contribution in [0.3, 0.4) is 0 Å². The molecule has 3 atom stereocenters. The lowest BCUT2D eigenvalue weighted by Gasteiger charge is -2.35. The van der Waals surface area contributed by atoms with Crippen LogP contribution in [0.5, 0.6) is 0 Å². The predicted molar refractivity (Wildman–Crippen MR) is 78.9 cm³/mol. The van der Waals surface area contributed by atoms with E-state index >= 15 is 0 Å². The molecule has 0 radical (unpaired) electrons. The van der Waals surface area contributed by atoms with Crippen molar-refractivity contribution in [2.45, 2.75) is 57.7 Å². The Bertz CT molecular complexity index is 491. The number of carbonyl (C=O) groups excluding carboxylic acids is 1. The van der Waals surface area contributed by atoms with Crippen LogP contribution >= 0.6 is 0 Å². The average molecular weight is 273 g/mol. The van der Waals surface area contributed by atoms with Crippen LogP contribution < -0.4 is 0 Å². The van der Waals surface area contributed by atoms with Gasteiger partial charge in [0.05, 0.1) is 5.56 Å². The van der Waals surface area contributed by atoms with Gasteiger partial charge in [-0.3, -0.25) is 0 Å². The Morgan fingerprint density at radius 2 is 1.65 bits per heavy atom. The molecule has 1 aromatic rings. The van der Waals surface area contributed by atoms with E-state index in [1.807, 2.05) is 26.0 Å². The molecule has 2 fully saturated rings. The van der Waals surface area contributed by atoms with Gasteiger partial charge in [0.1, 0.15) is 6.10 Å². The molecule has 0 spiro atoms. The highest BCUT2D eigenvalue weighted by Gasteiger charge is 2.39. The fraction of sp³-hybridized carbons (Fsp3) is 0.588. The van der Waals surface area contributed by atoms with Crippen molar-refractivity contribution in [3.8, 4) is 0 Å². The summed E-state index contributed by atoms with van der Waals surface area (Å²) in [5, 5.41) is 0. The molecule has 0 N–H and O–H groups in total. The summed E-state index contributed by atoms with van der Waals surface area (Å²) in [6, 6.07) is 7.11. The Labute approximate surface area is 120 Å². The van der Waals surface area contributed by atoms with Crippen LogP contribution in [0.1, 0.15) is 47.2 Å². The standard InChI is InChI=1S/C17H23NO2/c1-11-6-12(2)8-13(7-11)17(19)20-16-9-14-4-5-15(10-16)18(14)3/h6-8,14-16H,4-5,9-10H2,1-3H3/t14-,15+,16?. The molecular weight excluding hydrogens is 250 g/mol. The number of ether oxygens (including phenoxy) is 1. The van der Waals surface area contributed by atoms with Crippen molar-refractivity contribution in [1.29, 1.82) is 0 Å². The third kappa shape index (κ3) is 2.59. The number of benzene rings is 1. The van der Waals surface area contributed by atoms with E-state index in [4.69, 9.17) is 4.74 Å². The molecule has 0 aliphatic carbocycles. The second kappa shape index (κ2) is 5.21. The van der Waals surface area contributed by atoms with Crippen LogP contribution in [0.4, 0.5) is 0 Å². The molecule has 2 aliphatic rings. The monoisotopic (exact) mass is 273 g/mol. The number of nitrogens with zero attached hydrogens (tertiary/aromatic N) is 1. The van der Waals surface area contributed by atoms with Crippen LogP contribution in [0.25, 0.3) is 0 Å². The van der Waals surface area contributed by atoms with Crippen molar-refractivity contribution >= 4 is 5.97 Å². The van der Waals surface area contributed by atoms with Gasteiger partial charge in [0.2, 0.25) is 0 Å². The summed E-state index contributed by atoms with van der Waals surface area (Å²) < 4.78 is 5.75. The quantitative estimate of drug-likeness (QED) is 0.776. The summed E-state index contributed by atoms with van der Waals surface area (Å²) in [5.41, 5.74) is 2.91. The Morgan fingerprint density at radius 3 is 2.20 bits per heavy atom.